The Morgan fingerprint density at radius 2 is 2.27 bits per heavy atom. The molecule has 0 bridgehead atoms. The van der Waals surface area contributed by atoms with E-state index in [-0.39, 0.29) is 18.6 Å². The molecule has 15 heavy (non-hydrogen) atoms. The molecule has 2 atom stereocenters. The first kappa shape index (κ1) is 12.5. The first-order chi connectivity index (χ1) is 7.06. The van der Waals surface area contributed by atoms with E-state index in [9.17, 15) is 4.79 Å². The smallest absolute Gasteiger partial charge is 0.237 e. The number of nitrogens with one attached hydrogen (secondary N) is 1. The Labute approximate surface area is 91.6 Å². The molecular formula is C11H22N2O2. The van der Waals surface area contributed by atoms with E-state index in [1.807, 2.05) is 0 Å². The van der Waals surface area contributed by atoms with Gasteiger partial charge < -0.3 is 10.4 Å². The summed E-state index contributed by atoms with van der Waals surface area (Å²) >= 11 is 0. The molecule has 1 amide bonds. The normalized spacial score (nSPS) is 29.0. The van der Waals surface area contributed by atoms with Crippen LogP contribution in [0.25, 0.3) is 0 Å². The summed E-state index contributed by atoms with van der Waals surface area (Å²) in [4.78, 5) is 14.0. The van der Waals surface area contributed by atoms with Crippen molar-refractivity contribution in [3.05, 3.63) is 0 Å². The fourth-order valence-corrected chi connectivity index (χ4v) is 2.08. The molecule has 1 saturated heterocycles. The Balaban J connectivity index is 2.78. The van der Waals surface area contributed by atoms with Crippen molar-refractivity contribution < 1.29 is 9.90 Å². The van der Waals surface area contributed by atoms with E-state index in [1.165, 1.54) is 0 Å². The molecule has 4 heteroatoms. The lowest BCUT2D eigenvalue weighted by molar-refractivity contribution is -0.126. The Bertz CT molecular complexity index is 219. The predicted molar refractivity (Wildman–Crippen MR) is 59.5 cm³/mol. The summed E-state index contributed by atoms with van der Waals surface area (Å²) in [7, 11) is 0. The monoisotopic (exact) mass is 214 g/mol. The Morgan fingerprint density at radius 3 is 2.80 bits per heavy atom. The molecule has 0 aromatic rings. The highest BCUT2D eigenvalue weighted by atomic mass is 16.3. The quantitative estimate of drug-likeness (QED) is 0.706. The summed E-state index contributed by atoms with van der Waals surface area (Å²) in [5, 5.41) is 11.9. The molecule has 1 rings (SSSR count). The molecule has 1 fully saturated rings. The van der Waals surface area contributed by atoms with Crippen LogP contribution in [0.4, 0.5) is 0 Å². The maximum absolute atomic E-state index is 11.8. The van der Waals surface area contributed by atoms with Crippen LogP contribution in [0.1, 0.15) is 27.2 Å². The third kappa shape index (κ3) is 3.18. The Kier molecular flexibility index (Phi) is 4.54. The summed E-state index contributed by atoms with van der Waals surface area (Å²) in [6.45, 7) is 8.04. The van der Waals surface area contributed by atoms with Crippen molar-refractivity contribution in [3.63, 3.8) is 0 Å². The Hall–Kier alpha value is -0.610. The molecule has 88 valence electrons. The van der Waals surface area contributed by atoms with Gasteiger partial charge in [-0.1, -0.05) is 6.92 Å². The lowest BCUT2D eigenvalue weighted by Gasteiger charge is -2.32. The van der Waals surface area contributed by atoms with Crippen LogP contribution in [0.3, 0.4) is 0 Å². The molecule has 4 nitrogen and oxygen atoms in total. The van der Waals surface area contributed by atoms with Gasteiger partial charge in [-0.05, 0) is 26.2 Å². The average Bonchev–Trinajstić information content (AvgIpc) is 2.31. The standard InChI is InChI=1S/C11H22N2O2/c1-8(2)13-7-9(3)6-12-11(15)10(13)4-5-14/h8-10,14H,4-7H2,1-3H3,(H,12,15). The van der Waals surface area contributed by atoms with Crippen molar-refractivity contribution in [2.24, 2.45) is 5.92 Å². The fourth-order valence-electron chi connectivity index (χ4n) is 2.08. The van der Waals surface area contributed by atoms with Crippen molar-refractivity contribution >= 4 is 5.91 Å². The molecular weight excluding hydrogens is 192 g/mol. The SMILES string of the molecule is CC1CNC(=O)C(CCO)N(C(C)C)C1. The van der Waals surface area contributed by atoms with E-state index >= 15 is 0 Å². The average molecular weight is 214 g/mol. The van der Waals surface area contributed by atoms with Crippen LogP contribution < -0.4 is 5.32 Å². The second kappa shape index (κ2) is 5.47. The third-order valence-electron chi connectivity index (χ3n) is 2.92. The number of carbonyl (C=O) groups is 1. The zero-order valence-corrected chi connectivity index (χ0v) is 9.86. The molecule has 2 unspecified atom stereocenters. The van der Waals surface area contributed by atoms with Gasteiger partial charge in [0.25, 0.3) is 0 Å². The number of rotatable bonds is 3. The summed E-state index contributed by atoms with van der Waals surface area (Å²) in [5.41, 5.74) is 0. The number of hydrogen-bond donors (Lipinski definition) is 2. The van der Waals surface area contributed by atoms with E-state index in [1.54, 1.807) is 0 Å². The highest BCUT2D eigenvalue weighted by molar-refractivity contribution is 5.82. The maximum atomic E-state index is 11.8. The first-order valence-electron chi connectivity index (χ1n) is 5.70. The van der Waals surface area contributed by atoms with Crippen molar-refractivity contribution in [2.75, 3.05) is 19.7 Å². The summed E-state index contributed by atoms with van der Waals surface area (Å²) in [5.74, 6) is 0.530. The highest BCUT2D eigenvalue weighted by Gasteiger charge is 2.31. The van der Waals surface area contributed by atoms with Gasteiger partial charge in [0.15, 0.2) is 0 Å². The highest BCUT2D eigenvalue weighted by Crippen LogP contribution is 2.15. The minimum Gasteiger partial charge on any atom is -0.396 e. The molecule has 1 heterocycles. The number of carbonyl (C=O) groups excluding carboxylic acids is 1. The summed E-state index contributed by atoms with van der Waals surface area (Å²) in [6.07, 6.45) is 0.525. The van der Waals surface area contributed by atoms with Gasteiger partial charge in [0, 0.05) is 25.7 Å². The summed E-state index contributed by atoms with van der Waals surface area (Å²) < 4.78 is 0. The van der Waals surface area contributed by atoms with Crippen LogP contribution in [0.5, 0.6) is 0 Å². The van der Waals surface area contributed by atoms with Crippen LogP contribution in [-0.4, -0.2) is 47.7 Å². The van der Waals surface area contributed by atoms with Gasteiger partial charge >= 0.3 is 0 Å². The van der Waals surface area contributed by atoms with Crippen LogP contribution in [-0.2, 0) is 4.79 Å². The van der Waals surface area contributed by atoms with E-state index in [0.717, 1.165) is 13.1 Å². The molecule has 1 aliphatic heterocycles. The van der Waals surface area contributed by atoms with Gasteiger partial charge in [-0.15, -0.1) is 0 Å². The van der Waals surface area contributed by atoms with E-state index in [0.29, 0.717) is 18.4 Å². The molecule has 0 aromatic heterocycles. The number of amides is 1. The van der Waals surface area contributed by atoms with Gasteiger partial charge in [0.2, 0.25) is 5.91 Å². The van der Waals surface area contributed by atoms with Crippen molar-refractivity contribution in [1.82, 2.24) is 10.2 Å². The number of nitrogens with zero attached hydrogens (tertiary/aromatic N) is 1. The first-order valence-corrected chi connectivity index (χ1v) is 5.70. The topological polar surface area (TPSA) is 52.6 Å². The Morgan fingerprint density at radius 1 is 1.60 bits per heavy atom. The molecule has 0 radical (unpaired) electrons. The number of aliphatic hydroxyl groups excluding tert-OH is 1. The minimum absolute atomic E-state index is 0.0575. The van der Waals surface area contributed by atoms with E-state index in [4.69, 9.17) is 5.11 Å². The van der Waals surface area contributed by atoms with Crippen LogP contribution in [0.2, 0.25) is 0 Å². The number of hydrogen-bond acceptors (Lipinski definition) is 3. The van der Waals surface area contributed by atoms with Crippen LogP contribution in [0.15, 0.2) is 0 Å². The van der Waals surface area contributed by atoms with Gasteiger partial charge in [0.05, 0.1) is 6.04 Å². The van der Waals surface area contributed by atoms with Crippen molar-refractivity contribution in [1.29, 1.82) is 0 Å². The van der Waals surface area contributed by atoms with Gasteiger partial charge in [-0.2, -0.15) is 0 Å². The maximum Gasteiger partial charge on any atom is 0.237 e. The van der Waals surface area contributed by atoms with Crippen molar-refractivity contribution in [3.8, 4) is 0 Å². The van der Waals surface area contributed by atoms with E-state index in [2.05, 4.69) is 31.0 Å². The predicted octanol–water partition coefficient (Wildman–Crippen LogP) is 0.214. The molecule has 1 aliphatic rings. The molecule has 0 spiro atoms. The largest absolute Gasteiger partial charge is 0.396 e. The van der Waals surface area contributed by atoms with Gasteiger partial charge in [-0.3, -0.25) is 9.69 Å². The number of aliphatic hydroxyl groups is 1. The van der Waals surface area contributed by atoms with Gasteiger partial charge in [0.1, 0.15) is 0 Å². The lowest BCUT2D eigenvalue weighted by Crippen LogP contribution is -2.48. The van der Waals surface area contributed by atoms with E-state index < -0.39 is 0 Å². The molecule has 0 saturated carbocycles. The molecule has 0 aliphatic carbocycles. The van der Waals surface area contributed by atoms with Crippen LogP contribution >= 0.6 is 0 Å². The third-order valence-corrected chi connectivity index (χ3v) is 2.92. The molecule has 0 aromatic carbocycles. The zero-order chi connectivity index (χ0) is 11.4. The van der Waals surface area contributed by atoms with Gasteiger partial charge in [-0.25, -0.2) is 0 Å². The molecule has 2 N–H and O–H groups in total. The minimum atomic E-state index is -0.167. The second-order valence-electron chi connectivity index (χ2n) is 4.67. The zero-order valence-electron chi connectivity index (χ0n) is 9.86. The summed E-state index contributed by atoms with van der Waals surface area (Å²) in [6, 6.07) is 0.174. The fraction of sp³-hybridized carbons (Fsp3) is 0.909. The lowest BCUT2D eigenvalue weighted by atomic mass is 10.1. The second-order valence-corrected chi connectivity index (χ2v) is 4.67. The van der Waals surface area contributed by atoms with Crippen LogP contribution in [0, 0.1) is 5.92 Å². The van der Waals surface area contributed by atoms with Crippen molar-refractivity contribution in [2.45, 2.75) is 39.3 Å².